The summed E-state index contributed by atoms with van der Waals surface area (Å²) in [6, 6.07) is 14.1. The number of nitrogens with zero attached hydrogens (tertiary/aromatic N) is 3. The third-order valence-corrected chi connectivity index (χ3v) is 4.11. The van der Waals surface area contributed by atoms with Crippen LogP contribution in [0.2, 0.25) is 0 Å². The Labute approximate surface area is 161 Å². The lowest BCUT2D eigenvalue weighted by atomic mass is 10.1. The molecule has 0 spiro atoms. The number of carbonyl (C=O) groups is 1. The Kier molecular flexibility index (Phi) is 8.29. The quantitative estimate of drug-likeness (QED) is 0.554. The number of guanidine groups is 1. The molecule has 0 radical (unpaired) electrons. The molecule has 6 nitrogen and oxygen atoms in total. The lowest BCUT2D eigenvalue weighted by Gasteiger charge is -2.18. The summed E-state index contributed by atoms with van der Waals surface area (Å²) >= 11 is 0. The van der Waals surface area contributed by atoms with E-state index in [0.717, 1.165) is 24.2 Å². The van der Waals surface area contributed by atoms with Crippen LogP contribution >= 0.6 is 0 Å². The molecule has 0 atom stereocenters. The first-order valence-electron chi connectivity index (χ1n) is 9.30. The van der Waals surface area contributed by atoms with Crippen LogP contribution in [0.5, 0.6) is 0 Å². The van der Waals surface area contributed by atoms with E-state index < -0.39 is 0 Å². The fourth-order valence-corrected chi connectivity index (χ4v) is 2.57. The number of aromatic nitrogens is 1. The summed E-state index contributed by atoms with van der Waals surface area (Å²) in [6.45, 7) is 6.22. The van der Waals surface area contributed by atoms with E-state index in [0.29, 0.717) is 19.0 Å². The van der Waals surface area contributed by atoms with Crippen LogP contribution in [0.3, 0.4) is 0 Å². The largest absolute Gasteiger partial charge is 0.357 e. The zero-order valence-electron chi connectivity index (χ0n) is 16.4. The summed E-state index contributed by atoms with van der Waals surface area (Å²) in [7, 11) is 1.81. The molecule has 0 saturated heterocycles. The molecule has 6 heteroatoms. The molecule has 1 heterocycles. The van der Waals surface area contributed by atoms with E-state index in [1.807, 2.05) is 38.2 Å². The zero-order valence-corrected chi connectivity index (χ0v) is 16.4. The average molecular weight is 367 g/mol. The molecule has 2 aromatic rings. The van der Waals surface area contributed by atoms with Gasteiger partial charge in [0, 0.05) is 38.4 Å². The summed E-state index contributed by atoms with van der Waals surface area (Å²) in [5.74, 6) is 0.664. The number of rotatable bonds is 8. The Morgan fingerprint density at radius 1 is 1.19 bits per heavy atom. The first-order chi connectivity index (χ1) is 13.1. The van der Waals surface area contributed by atoms with Crippen molar-refractivity contribution >= 4 is 11.9 Å². The molecule has 0 saturated carbocycles. The number of benzene rings is 1. The molecule has 0 unspecified atom stereocenters. The molecule has 1 amide bonds. The van der Waals surface area contributed by atoms with Gasteiger partial charge in [0.1, 0.15) is 0 Å². The van der Waals surface area contributed by atoms with Gasteiger partial charge in [0.2, 0.25) is 5.91 Å². The molecule has 2 rings (SSSR count). The summed E-state index contributed by atoms with van der Waals surface area (Å²) in [5, 5.41) is 6.29. The summed E-state index contributed by atoms with van der Waals surface area (Å²) in [4.78, 5) is 22.9. The van der Waals surface area contributed by atoms with Gasteiger partial charge in [-0.1, -0.05) is 35.9 Å². The van der Waals surface area contributed by atoms with Gasteiger partial charge < -0.3 is 15.5 Å². The van der Waals surface area contributed by atoms with E-state index in [1.54, 1.807) is 11.1 Å². The second-order valence-corrected chi connectivity index (χ2v) is 6.42. The maximum atomic E-state index is 12.4. The average Bonchev–Trinajstić information content (AvgIpc) is 2.68. The number of aryl methyl sites for hydroxylation is 1. The van der Waals surface area contributed by atoms with Gasteiger partial charge in [-0.05, 0) is 31.5 Å². The van der Waals surface area contributed by atoms with Crippen LogP contribution in [0.4, 0.5) is 0 Å². The van der Waals surface area contributed by atoms with Gasteiger partial charge in [-0.15, -0.1) is 0 Å². The highest BCUT2D eigenvalue weighted by Crippen LogP contribution is 2.05. The molecule has 0 fully saturated rings. The van der Waals surface area contributed by atoms with Gasteiger partial charge in [-0.2, -0.15) is 0 Å². The molecular weight excluding hydrogens is 338 g/mol. The predicted molar refractivity (Wildman–Crippen MR) is 110 cm³/mol. The molecule has 27 heavy (non-hydrogen) atoms. The molecule has 0 aliphatic heterocycles. The number of pyridine rings is 1. The number of aliphatic imine (C=N–C) groups is 1. The summed E-state index contributed by atoms with van der Waals surface area (Å²) in [5.41, 5.74) is 3.34. The molecule has 2 N–H and O–H groups in total. The number of amides is 1. The van der Waals surface area contributed by atoms with Gasteiger partial charge >= 0.3 is 0 Å². The van der Waals surface area contributed by atoms with Crippen molar-refractivity contribution in [1.82, 2.24) is 20.5 Å². The van der Waals surface area contributed by atoms with E-state index in [2.05, 4.69) is 45.7 Å². The zero-order chi connectivity index (χ0) is 19.5. The van der Waals surface area contributed by atoms with E-state index in [9.17, 15) is 4.79 Å². The van der Waals surface area contributed by atoms with Crippen LogP contribution in [0.25, 0.3) is 0 Å². The standard InChI is InChI=1S/C21H29N5O/c1-4-22-21(24-15-18-9-7-8-17(2)14-18)25-16-20(27)26(3)13-11-19-10-5-6-12-23-19/h5-10,12,14H,4,11,13,15-16H2,1-3H3,(H2,22,24,25). The number of carbonyl (C=O) groups excluding carboxylic acids is 1. The van der Waals surface area contributed by atoms with Gasteiger partial charge in [0.15, 0.2) is 5.96 Å². The second-order valence-electron chi connectivity index (χ2n) is 6.42. The summed E-state index contributed by atoms with van der Waals surface area (Å²) in [6.07, 6.45) is 2.51. The van der Waals surface area contributed by atoms with Crippen molar-refractivity contribution < 1.29 is 4.79 Å². The van der Waals surface area contributed by atoms with Gasteiger partial charge in [-0.3, -0.25) is 9.78 Å². The molecule has 0 bridgehead atoms. The van der Waals surface area contributed by atoms with Crippen LogP contribution in [-0.2, 0) is 17.8 Å². The lowest BCUT2D eigenvalue weighted by molar-refractivity contribution is -0.128. The smallest absolute Gasteiger partial charge is 0.241 e. The maximum Gasteiger partial charge on any atom is 0.241 e. The van der Waals surface area contributed by atoms with E-state index in [1.165, 1.54) is 5.56 Å². The van der Waals surface area contributed by atoms with E-state index in [-0.39, 0.29) is 12.5 Å². The normalized spacial score (nSPS) is 11.1. The fourth-order valence-electron chi connectivity index (χ4n) is 2.57. The number of likely N-dealkylation sites (N-methyl/N-ethyl adjacent to an activating group) is 1. The van der Waals surface area contributed by atoms with Crippen LogP contribution in [0.1, 0.15) is 23.7 Å². The Balaban J connectivity index is 1.82. The maximum absolute atomic E-state index is 12.4. The monoisotopic (exact) mass is 367 g/mol. The minimum atomic E-state index is 0.0205. The molecular formula is C21H29N5O. The number of hydrogen-bond donors (Lipinski definition) is 2. The van der Waals surface area contributed by atoms with Crippen LogP contribution in [-0.4, -0.2) is 48.4 Å². The summed E-state index contributed by atoms with van der Waals surface area (Å²) < 4.78 is 0. The topological polar surface area (TPSA) is 69.6 Å². The molecule has 0 aliphatic carbocycles. The second kappa shape index (κ2) is 11.0. The van der Waals surface area contributed by atoms with Crippen LogP contribution < -0.4 is 10.6 Å². The highest BCUT2D eigenvalue weighted by atomic mass is 16.2. The van der Waals surface area contributed by atoms with Gasteiger partial charge in [-0.25, -0.2) is 4.99 Å². The van der Waals surface area contributed by atoms with Crippen LogP contribution in [0, 0.1) is 6.92 Å². The highest BCUT2D eigenvalue weighted by Gasteiger charge is 2.10. The Morgan fingerprint density at radius 3 is 2.74 bits per heavy atom. The van der Waals surface area contributed by atoms with Crippen molar-refractivity contribution in [2.24, 2.45) is 4.99 Å². The lowest BCUT2D eigenvalue weighted by Crippen LogP contribution is -2.44. The van der Waals surface area contributed by atoms with Crippen molar-refractivity contribution in [3.8, 4) is 0 Å². The highest BCUT2D eigenvalue weighted by molar-refractivity contribution is 5.86. The van der Waals surface area contributed by atoms with E-state index >= 15 is 0 Å². The molecule has 0 aliphatic rings. The first-order valence-corrected chi connectivity index (χ1v) is 9.30. The minimum Gasteiger partial charge on any atom is -0.357 e. The SMILES string of the molecule is CCNC(=NCc1cccc(C)c1)NCC(=O)N(C)CCc1ccccn1. The van der Waals surface area contributed by atoms with Crippen molar-refractivity contribution in [3.63, 3.8) is 0 Å². The Morgan fingerprint density at radius 2 is 2.04 bits per heavy atom. The number of nitrogens with one attached hydrogen (secondary N) is 2. The third kappa shape index (κ3) is 7.48. The number of hydrogen-bond acceptors (Lipinski definition) is 3. The van der Waals surface area contributed by atoms with Crippen molar-refractivity contribution in [1.29, 1.82) is 0 Å². The van der Waals surface area contributed by atoms with E-state index in [4.69, 9.17) is 0 Å². The Hall–Kier alpha value is -2.89. The fraction of sp³-hybridized carbons (Fsp3) is 0.381. The van der Waals surface area contributed by atoms with Gasteiger partial charge in [0.25, 0.3) is 0 Å². The molecule has 144 valence electrons. The van der Waals surface area contributed by atoms with Crippen molar-refractivity contribution in [3.05, 3.63) is 65.5 Å². The van der Waals surface area contributed by atoms with Crippen molar-refractivity contribution in [2.75, 3.05) is 26.7 Å². The minimum absolute atomic E-state index is 0.0205. The molecule has 1 aromatic carbocycles. The van der Waals surface area contributed by atoms with Gasteiger partial charge in [0.05, 0.1) is 13.1 Å². The van der Waals surface area contributed by atoms with Crippen LogP contribution in [0.15, 0.2) is 53.7 Å². The first kappa shape index (κ1) is 20.4. The van der Waals surface area contributed by atoms with Crippen molar-refractivity contribution in [2.45, 2.75) is 26.8 Å². The third-order valence-electron chi connectivity index (χ3n) is 4.11. The molecule has 1 aromatic heterocycles. The Bertz CT molecular complexity index is 745. The predicted octanol–water partition coefficient (Wildman–Crippen LogP) is 2.15.